The summed E-state index contributed by atoms with van der Waals surface area (Å²) in [6.07, 6.45) is 0.525. The van der Waals surface area contributed by atoms with Crippen LogP contribution in [0.15, 0.2) is 16.6 Å². The highest BCUT2D eigenvalue weighted by atomic mass is 79.9. The molecule has 0 bridgehead atoms. The van der Waals surface area contributed by atoms with Crippen molar-refractivity contribution >= 4 is 27.5 Å². The smallest absolute Gasteiger partial charge is 0.241 e. The SMILES string of the molecule is CCC(C#N)C(=O)Nc1c(C)cc(Br)cc1C. The summed E-state index contributed by atoms with van der Waals surface area (Å²) in [4.78, 5) is 11.8. The minimum absolute atomic E-state index is 0.233. The number of amides is 1. The fourth-order valence-electron chi connectivity index (χ4n) is 1.65. The number of rotatable bonds is 3. The molecule has 1 atom stereocenters. The maximum absolute atomic E-state index is 11.8. The van der Waals surface area contributed by atoms with E-state index in [4.69, 9.17) is 5.26 Å². The average molecular weight is 295 g/mol. The molecule has 0 radical (unpaired) electrons. The number of nitrogens with one attached hydrogen (secondary N) is 1. The van der Waals surface area contributed by atoms with Gasteiger partial charge in [-0.3, -0.25) is 4.79 Å². The summed E-state index contributed by atoms with van der Waals surface area (Å²) in [5, 5.41) is 11.7. The molecule has 0 fully saturated rings. The fourth-order valence-corrected chi connectivity index (χ4v) is 2.34. The van der Waals surface area contributed by atoms with E-state index >= 15 is 0 Å². The second kappa shape index (κ2) is 5.83. The van der Waals surface area contributed by atoms with Gasteiger partial charge in [0.25, 0.3) is 0 Å². The van der Waals surface area contributed by atoms with Crippen molar-refractivity contribution in [2.24, 2.45) is 5.92 Å². The maximum Gasteiger partial charge on any atom is 0.241 e. The number of halogens is 1. The number of anilines is 1. The third kappa shape index (κ3) is 3.31. The molecule has 17 heavy (non-hydrogen) atoms. The van der Waals surface area contributed by atoms with Crippen molar-refractivity contribution in [2.75, 3.05) is 5.32 Å². The fraction of sp³-hybridized carbons (Fsp3) is 0.385. The van der Waals surface area contributed by atoms with Crippen LogP contribution in [0.2, 0.25) is 0 Å². The van der Waals surface area contributed by atoms with Crippen LogP contribution in [0.3, 0.4) is 0 Å². The van der Waals surface area contributed by atoms with Crippen LogP contribution in [0.1, 0.15) is 24.5 Å². The Balaban J connectivity index is 2.97. The summed E-state index contributed by atoms with van der Waals surface area (Å²) in [6.45, 7) is 5.69. The molecule has 0 heterocycles. The number of nitrogens with zero attached hydrogens (tertiary/aromatic N) is 1. The zero-order chi connectivity index (χ0) is 13.0. The first-order valence-corrected chi connectivity index (χ1v) is 6.26. The van der Waals surface area contributed by atoms with E-state index in [-0.39, 0.29) is 5.91 Å². The van der Waals surface area contributed by atoms with E-state index in [0.717, 1.165) is 21.3 Å². The molecule has 0 aromatic heterocycles. The Morgan fingerprint density at radius 2 is 2.00 bits per heavy atom. The van der Waals surface area contributed by atoms with Crippen LogP contribution in [0, 0.1) is 31.1 Å². The Labute approximate surface area is 110 Å². The Bertz CT molecular complexity index is 454. The van der Waals surface area contributed by atoms with Gasteiger partial charge >= 0.3 is 0 Å². The number of benzene rings is 1. The molecule has 0 spiro atoms. The van der Waals surface area contributed by atoms with E-state index in [1.807, 2.05) is 39.0 Å². The van der Waals surface area contributed by atoms with Gasteiger partial charge in [-0.05, 0) is 43.5 Å². The molecular formula is C13H15BrN2O. The summed E-state index contributed by atoms with van der Waals surface area (Å²) in [5.74, 6) is -0.819. The number of aryl methyl sites for hydroxylation is 2. The molecule has 4 heteroatoms. The molecule has 3 nitrogen and oxygen atoms in total. The standard InChI is InChI=1S/C13H15BrN2O/c1-4-10(7-15)13(17)16-12-8(2)5-11(14)6-9(12)3/h5-6,10H,4H2,1-3H3,(H,16,17). The minimum atomic E-state index is -0.586. The summed E-state index contributed by atoms with van der Waals surface area (Å²) in [7, 11) is 0. The second-order valence-electron chi connectivity index (χ2n) is 3.99. The van der Waals surface area contributed by atoms with Gasteiger partial charge in [0.1, 0.15) is 5.92 Å². The van der Waals surface area contributed by atoms with Gasteiger partial charge < -0.3 is 5.32 Å². The van der Waals surface area contributed by atoms with Crippen molar-refractivity contribution in [3.8, 4) is 6.07 Å². The first-order valence-electron chi connectivity index (χ1n) is 5.46. The van der Waals surface area contributed by atoms with Crippen LogP contribution < -0.4 is 5.32 Å². The van der Waals surface area contributed by atoms with Crippen LogP contribution in [0.4, 0.5) is 5.69 Å². The number of hydrogen-bond acceptors (Lipinski definition) is 2. The van der Waals surface area contributed by atoms with Gasteiger partial charge in [-0.25, -0.2) is 0 Å². The number of hydrogen-bond donors (Lipinski definition) is 1. The van der Waals surface area contributed by atoms with Gasteiger partial charge in [-0.15, -0.1) is 0 Å². The highest BCUT2D eigenvalue weighted by Crippen LogP contribution is 2.25. The van der Waals surface area contributed by atoms with Crippen molar-refractivity contribution in [3.05, 3.63) is 27.7 Å². The van der Waals surface area contributed by atoms with Gasteiger partial charge in [0.05, 0.1) is 6.07 Å². The second-order valence-corrected chi connectivity index (χ2v) is 4.91. The molecule has 1 amide bonds. The molecule has 1 rings (SSSR count). The summed E-state index contributed by atoms with van der Waals surface area (Å²) < 4.78 is 0.984. The molecule has 1 N–H and O–H groups in total. The zero-order valence-electron chi connectivity index (χ0n) is 10.2. The van der Waals surface area contributed by atoms with Crippen LogP contribution in [-0.2, 0) is 4.79 Å². The number of nitriles is 1. The van der Waals surface area contributed by atoms with Crippen LogP contribution in [0.5, 0.6) is 0 Å². The van der Waals surface area contributed by atoms with Gasteiger partial charge in [0.2, 0.25) is 5.91 Å². The highest BCUT2D eigenvalue weighted by molar-refractivity contribution is 9.10. The Morgan fingerprint density at radius 3 is 2.41 bits per heavy atom. The van der Waals surface area contributed by atoms with E-state index in [1.54, 1.807) is 0 Å². The largest absolute Gasteiger partial charge is 0.324 e. The molecule has 1 aromatic rings. The zero-order valence-corrected chi connectivity index (χ0v) is 11.8. The molecule has 0 saturated carbocycles. The van der Waals surface area contributed by atoms with Crippen molar-refractivity contribution in [2.45, 2.75) is 27.2 Å². The average Bonchev–Trinajstić information content (AvgIpc) is 2.25. The first-order chi connectivity index (χ1) is 7.99. The van der Waals surface area contributed by atoms with Crippen LogP contribution in [-0.4, -0.2) is 5.91 Å². The highest BCUT2D eigenvalue weighted by Gasteiger charge is 2.17. The monoisotopic (exact) mass is 294 g/mol. The minimum Gasteiger partial charge on any atom is -0.324 e. The molecular weight excluding hydrogens is 280 g/mol. The Kier molecular flexibility index (Phi) is 4.71. The van der Waals surface area contributed by atoms with Gasteiger partial charge in [0.15, 0.2) is 0 Å². The summed E-state index contributed by atoms with van der Waals surface area (Å²) in [5.41, 5.74) is 2.77. The van der Waals surface area contributed by atoms with Crippen molar-refractivity contribution in [1.29, 1.82) is 5.26 Å². The number of carbonyl (C=O) groups excluding carboxylic acids is 1. The van der Waals surface area contributed by atoms with Gasteiger partial charge in [-0.2, -0.15) is 5.26 Å². The lowest BCUT2D eigenvalue weighted by Gasteiger charge is -2.14. The molecule has 0 aliphatic heterocycles. The molecule has 0 aliphatic carbocycles. The van der Waals surface area contributed by atoms with Gasteiger partial charge in [-0.1, -0.05) is 22.9 Å². The lowest BCUT2D eigenvalue weighted by atomic mass is 10.1. The quantitative estimate of drug-likeness (QED) is 0.927. The van der Waals surface area contributed by atoms with E-state index < -0.39 is 5.92 Å². The third-order valence-electron chi connectivity index (χ3n) is 2.63. The summed E-state index contributed by atoms with van der Waals surface area (Å²) in [6, 6.07) is 5.88. The Hall–Kier alpha value is -1.34. The summed E-state index contributed by atoms with van der Waals surface area (Å²) >= 11 is 3.40. The van der Waals surface area contributed by atoms with Crippen molar-refractivity contribution < 1.29 is 4.79 Å². The van der Waals surface area contributed by atoms with E-state index in [9.17, 15) is 4.79 Å². The molecule has 0 saturated heterocycles. The van der Waals surface area contributed by atoms with E-state index in [0.29, 0.717) is 6.42 Å². The van der Waals surface area contributed by atoms with Gasteiger partial charge in [0, 0.05) is 10.2 Å². The molecule has 90 valence electrons. The predicted octanol–water partition coefficient (Wildman–Crippen LogP) is 3.55. The van der Waals surface area contributed by atoms with Crippen molar-refractivity contribution in [3.63, 3.8) is 0 Å². The molecule has 1 aromatic carbocycles. The first kappa shape index (κ1) is 13.7. The Morgan fingerprint density at radius 1 is 1.47 bits per heavy atom. The van der Waals surface area contributed by atoms with Crippen molar-refractivity contribution in [1.82, 2.24) is 0 Å². The maximum atomic E-state index is 11.8. The topological polar surface area (TPSA) is 52.9 Å². The normalized spacial score (nSPS) is 11.7. The third-order valence-corrected chi connectivity index (χ3v) is 3.08. The van der Waals surface area contributed by atoms with Crippen LogP contribution in [0.25, 0.3) is 0 Å². The number of carbonyl (C=O) groups is 1. The molecule has 1 unspecified atom stereocenters. The van der Waals surface area contributed by atoms with E-state index in [2.05, 4.69) is 21.2 Å². The van der Waals surface area contributed by atoms with Crippen LogP contribution >= 0.6 is 15.9 Å². The molecule has 0 aliphatic rings. The van der Waals surface area contributed by atoms with E-state index in [1.165, 1.54) is 0 Å². The predicted molar refractivity (Wildman–Crippen MR) is 71.6 cm³/mol. The lowest BCUT2D eigenvalue weighted by molar-refractivity contribution is -0.118. The lowest BCUT2D eigenvalue weighted by Crippen LogP contribution is -2.22.